The summed E-state index contributed by atoms with van der Waals surface area (Å²) in [5, 5.41) is 2.70. The van der Waals surface area contributed by atoms with Crippen molar-refractivity contribution in [3.8, 4) is 5.88 Å². The number of carbonyl (C=O) groups excluding carboxylic acids is 1. The van der Waals surface area contributed by atoms with E-state index in [1.54, 1.807) is 24.4 Å². The van der Waals surface area contributed by atoms with Crippen molar-refractivity contribution >= 4 is 27.9 Å². The van der Waals surface area contributed by atoms with Crippen molar-refractivity contribution in [2.45, 2.75) is 6.54 Å². The Hall–Kier alpha value is -2.21. The van der Waals surface area contributed by atoms with Crippen molar-refractivity contribution in [2.75, 3.05) is 7.11 Å². The van der Waals surface area contributed by atoms with Crippen LogP contribution in [0, 0.1) is 5.82 Å². The molecule has 1 aromatic heterocycles. The number of hydrogen-bond donors (Lipinski definition) is 1. The smallest absolute Gasteiger partial charge is 0.244 e. The highest BCUT2D eigenvalue weighted by atomic mass is 79.9. The van der Waals surface area contributed by atoms with E-state index in [-0.39, 0.29) is 11.7 Å². The van der Waals surface area contributed by atoms with Crippen LogP contribution in [0.4, 0.5) is 4.39 Å². The van der Waals surface area contributed by atoms with Gasteiger partial charge in [-0.2, -0.15) is 0 Å². The minimum Gasteiger partial charge on any atom is -0.481 e. The Morgan fingerprint density at radius 2 is 2.23 bits per heavy atom. The van der Waals surface area contributed by atoms with Crippen LogP contribution in [0.2, 0.25) is 0 Å². The standard InChI is InChI=1S/C16H14BrFN2O2/c1-22-16-7-2-11(10-20-16)9-19-15(21)6-3-12-8-13(17)4-5-14(12)18/h2-8,10H,9H2,1H3,(H,19,21)/b6-3+. The van der Waals surface area contributed by atoms with Crippen LogP contribution < -0.4 is 10.1 Å². The van der Waals surface area contributed by atoms with E-state index < -0.39 is 0 Å². The van der Waals surface area contributed by atoms with Gasteiger partial charge in [-0.25, -0.2) is 9.37 Å². The number of rotatable bonds is 5. The number of nitrogens with zero attached hydrogens (tertiary/aromatic N) is 1. The average Bonchev–Trinajstić information content (AvgIpc) is 2.54. The van der Waals surface area contributed by atoms with E-state index in [2.05, 4.69) is 26.2 Å². The maximum Gasteiger partial charge on any atom is 0.244 e. The highest BCUT2D eigenvalue weighted by Crippen LogP contribution is 2.16. The number of methoxy groups -OCH3 is 1. The molecule has 0 atom stereocenters. The number of aromatic nitrogens is 1. The SMILES string of the molecule is COc1ccc(CNC(=O)/C=C/c2cc(Br)ccc2F)cn1. The maximum atomic E-state index is 13.5. The second-order valence-corrected chi connectivity index (χ2v) is 5.34. The molecule has 0 unspecified atom stereocenters. The summed E-state index contributed by atoms with van der Waals surface area (Å²) >= 11 is 3.26. The van der Waals surface area contributed by atoms with Crippen LogP contribution in [0.3, 0.4) is 0 Å². The molecule has 22 heavy (non-hydrogen) atoms. The van der Waals surface area contributed by atoms with Crippen molar-refractivity contribution < 1.29 is 13.9 Å². The summed E-state index contributed by atoms with van der Waals surface area (Å²) in [5.74, 6) is -0.179. The minimum atomic E-state index is -0.383. The Bertz CT molecular complexity index is 687. The van der Waals surface area contributed by atoms with Crippen LogP contribution in [0.25, 0.3) is 6.08 Å². The van der Waals surface area contributed by atoms with Crippen molar-refractivity contribution in [3.05, 3.63) is 64.0 Å². The van der Waals surface area contributed by atoms with Gasteiger partial charge in [0.2, 0.25) is 11.8 Å². The van der Waals surface area contributed by atoms with Crippen LogP contribution >= 0.6 is 15.9 Å². The topological polar surface area (TPSA) is 51.2 Å². The lowest BCUT2D eigenvalue weighted by Crippen LogP contribution is -2.20. The summed E-state index contributed by atoms with van der Waals surface area (Å²) in [7, 11) is 1.54. The Morgan fingerprint density at radius 1 is 1.41 bits per heavy atom. The minimum absolute atomic E-state index is 0.310. The zero-order valence-electron chi connectivity index (χ0n) is 11.8. The Morgan fingerprint density at radius 3 is 2.91 bits per heavy atom. The van der Waals surface area contributed by atoms with Gasteiger partial charge in [-0.3, -0.25) is 4.79 Å². The molecule has 0 aliphatic rings. The van der Waals surface area contributed by atoms with Crippen LogP contribution in [0.1, 0.15) is 11.1 Å². The highest BCUT2D eigenvalue weighted by Gasteiger charge is 2.01. The highest BCUT2D eigenvalue weighted by molar-refractivity contribution is 9.10. The summed E-state index contributed by atoms with van der Waals surface area (Å²) < 4.78 is 19.2. The van der Waals surface area contributed by atoms with Gasteiger partial charge < -0.3 is 10.1 Å². The monoisotopic (exact) mass is 364 g/mol. The molecule has 1 amide bonds. The Balaban J connectivity index is 1.92. The van der Waals surface area contributed by atoms with Crippen molar-refractivity contribution in [2.24, 2.45) is 0 Å². The van der Waals surface area contributed by atoms with E-state index in [0.717, 1.165) is 10.0 Å². The molecule has 0 saturated carbocycles. The predicted molar refractivity (Wildman–Crippen MR) is 85.8 cm³/mol. The second kappa shape index (κ2) is 7.70. The van der Waals surface area contributed by atoms with Gasteiger partial charge in [-0.05, 0) is 29.8 Å². The molecule has 0 aliphatic heterocycles. The first-order chi connectivity index (χ1) is 10.6. The molecule has 0 saturated heterocycles. The van der Waals surface area contributed by atoms with Crippen LogP contribution in [-0.4, -0.2) is 18.0 Å². The van der Waals surface area contributed by atoms with Gasteiger partial charge in [0.25, 0.3) is 0 Å². The van der Waals surface area contributed by atoms with E-state index in [9.17, 15) is 9.18 Å². The molecule has 0 aliphatic carbocycles. The lowest BCUT2D eigenvalue weighted by molar-refractivity contribution is -0.116. The fourth-order valence-corrected chi connectivity index (χ4v) is 2.07. The van der Waals surface area contributed by atoms with Crippen molar-refractivity contribution in [1.29, 1.82) is 0 Å². The molecule has 1 aromatic carbocycles. The van der Waals surface area contributed by atoms with Crippen LogP contribution in [0.15, 0.2) is 47.1 Å². The largest absolute Gasteiger partial charge is 0.481 e. The normalized spacial score (nSPS) is 10.7. The number of ether oxygens (including phenoxy) is 1. The number of hydrogen-bond acceptors (Lipinski definition) is 3. The number of amides is 1. The zero-order valence-corrected chi connectivity index (χ0v) is 13.4. The van der Waals surface area contributed by atoms with Gasteiger partial charge in [0.05, 0.1) is 7.11 Å². The molecule has 1 heterocycles. The third-order valence-corrected chi connectivity index (χ3v) is 3.34. The van der Waals surface area contributed by atoms with Gasteiger partial charge in [0.1, 0.15) is 5.82 Å². The Kier molecular flexibility index (Phi) is 5.66. The van der Waals surface area contributed by atoms with E-state index in [0.29, 0.717) is 18.0 Å². The van der Waals surface area contributed by atoms with Gasteiger partial charge in [-0.1, -0.05) is 22.0 Å². The average molecular weight is 365 g/mol. The van der Waals surface area contributed by atoms with E-state index in [1.807, 2.05) is 6.07 Å². The van der Waals surface area contributed by atoms with E-state index in [4.69, 9.17) is 4.74 Å². The fraction of sp³-hybridized carbons (Fsp3) is 0.125. The van der Waals surface area contributed by atoms with Gasteiger partial charge in [0.15, 0.2) is 0 Å². The summed E-state index contributed by atoms with van der Waals surface area (Å²) in [6.07, 6.45) is 4.35. The fourth-order valence-electron chi connectivity index (χ4n) is 1.69. The third kappa shape index (κ3) is 4.66. The number of halogens is 2. The van der Waals surface area contributed by atoms with E-state index in [1.165, 1.54) is 25.3 Å². The van der Waals surface area contributed by atoms with Gasteiger partial charge in [-0.15, -0.1) is 0 Å². The molecule has 4 nitrogen and oxygen atoms in total. The summed E-state index contributed by atoms with van der Waals surface area (Å²) in [4.78, 5) is 15.8. The lowest BCUT2D eigenvalue weighted by atomic mass is 10.2. The number of carbonyl (C=O) groups is 1. The predicted octanol–water partition coefficient (Wildman–Crippen LogP) is 3.32. The third-order valence-electron chi connectivity index (χ3n) is 2.85. The van der Waals surface area contributed by atoms with E-state index >= 15 is 0 Å². The quantitative estimate of drug-likeness (QED) is 0.828. The first-order valence-corrected chi connectivity index (χ1v) is 7.27. The summed E-state index contributed by atoms with van der Waals surface area (Å²) in [6.45, 7) is 0.334. The molecule has 6 heteroatoms. The maximum absolute atomic E-state index is 13.5. The molecule has 0 bridgehead atoms. The first-order valence-electron chi connectivity index (χ1n) is 6.48. The molecular formula is C16H14BrFN2O2. The second-order valence-electron chi connectivity index (χ2n) is 4.43. The van der Waals surface area contributed by atoms with Gasteiger partial charge in [0, 0.05) is 34.9 Å². The number of nitrogens with one attached hydrogen (secondary N) is 1. The van der Waals surface area contributed by atoms with Crippen molar-refractivity contribution in [1.82, 2.24) is 10.3 Å². The van der Waals surface area contributed by atoms with Gasteiger partial charge >= 0.3 is 0 Å². The first kappa shape index (κ1) is 16.2. The Labute approximate surface area is 136 Å². The molecular weight excluding hydrogens is 351 g/mol. The molecule has 1 N–H and O–H groups in total. The molecule has 0 spiro atoms. The molecule has 0 fully saturated rings. The molecule has 2 rings (SSSR count). The number of pyridine rings is 1. The summed E-state index contributed by atoms with van der Waals surface area (Å²) in [5.41, 5.74) is 1.19. The molecule has 0 radical (unpaired) electrons. The summed E-state index contributed by atoms with van der Waals surface area (Å²) in [6, 6.07) is 8.07. The lowest BCUT2D eigenvalue weighted by Gasteiger charge is -2.03. The molecule has 2 aromatic rings. The molecule has 114 valence electrons. The zero-order chi connectivity index (χ0) is 15.9. The number of benzene rings is 1. The van der Waals surface area contributed by atoms with Crippen LogP contribution in [0.5, 0.6) is 5.88 Å². The van der Waals surface area contributed by atoms with Crippen molar-refractivity contribution in [3.63, 3.8) is 0 Å². The van der Waals surface area contributed by atoms with Crippen LogP contribution in [-0.2, 0) is 11.3 Å².